The Balaban J connectivity index is 2.04. The quantitative estimate of drug-likeness (QED) is 0.865. The number of rotatable bonds is 4. The monoisotopic (exact) mass is 263 g/mol. The van der Waals surface area contributed by atoms with Crippen LogP contribution < -0.4 is 5.73 Å². The van der Waals surface area contributed by atoms with E-state index in [9.17, 15) is 0 Å². The van der Waals surface area contributed by atoms with Gasteiger partial charge in [0.25, 0.3) is 0 Å². The molecule has 0 radical (unpaired) electrons. The molecule has 0 aromatic carbocycles. The van der Waals surface area contributed by atoms with Crippen molar-refractivity contribution in [3.05, 3.63) is 23.8 Å². The summed E-state index contributed by atoms with van der Waals surface area (Å²) in [6, 6.07) is 0.505. The molecule has 2 heterocycles. The number of hydrogen-bond acceptors (Lipinski definition) is 5. The summed E-state index contributed by atoms with van der Waals surface area (Å²) in [7, 11) is 4.29. The predicted octanol–water partition coefficient (Wildman–Crippen LogP) is 0.675. The zero-order valence-corrected chi connectivity index (χ0v) is 12.2. The second-order valence-corrected chi connectivity index (χ2v) is 5.58. The zero-order chi connectivity index (χ0) is 13.8. The van der Waals surface area contributed by atoms with Gasteiger partial charge < -0.3 is 10.6 Å². The third kappa shape index (κ3) is 3.72. The molecule has 1 saturated heterocycles. The van der Waals surface area contributed by atoms with Crippen molar-refractivity contribution in [2.45, 2.75) is 31.8 Å². The van der Waals surface area contributed by atoms with Gasteiger partial charge >= 0.3 is 0 Å². The molecule has 19 heavy (non-hydrogen) atoms. The van der Waals surface area contributed by atoms with Crippen LogP contribution in [-0.4, -0.2) is 59.5 Å². The fourth-order valence-corrected chi connectivity index (χ4v) is 2.38. The van der Waals surface area contributed by atoms with Gasteiger partial charge in [0.1, 0.15) is 5.82 Å². The zero-order valence-electron chi connectivity index (χ0n) is 12.2. The first-order valence-electron chi connectivity index (χ1n) is 7.05. The Morgan fingerprint density at radius 3 is 2.63 bits per heavy atom. The Morgan fingerprint density at radius 1 is 1.32 bits per heavy atom. The van der Waals surface area contributed by atoms with Gasteiger partial charge in [-0.1, -0.05) is 6.92 Å². The predicted molar refractivity (Wildman–Crippen MR) is 76.9 cm³/mol. The largest absolute Gasteiger partial charge is 0.327 e. The Hall–Kier alpha value is -1.04. The van der Waals surface area contributed by atoms with Gasteiger partial charge in [-0.05, 0) is 32.5 Å². The molecule has 0 amide bonds. The van der Waals surface area contributed by atoms with E-state index in [2.05, 4.69) is 40.8 Å². The second kappa shape index (κ2) is 6.41. The second-order valence-electron chi connectivity index (χ2n) is 5.58. The van der Waals surface area contributed by atoms with E-state index in [0.29, 0.717) is 6.04 Å². The summed E-state index contributed by atoms with van der Waals surface area (Å²) in [6.07, 6.45) is 5.70. The number of piperazine rings is 1. The van der Waals surface area contributed by atoms with Gasteiger partial charge in [-0.3, -0.25) is 4.90 Å². The van der Waals surface area contributed by atoms with Crippen molar-refractivity contribution in [1.82, 2.24) is 19.8 Å². The normalized spacial score (nSPS) is 23.5. The SMILES string of the molecule is CCC(N)Cc1cnc(C2CN(C)CCN2C)nc1. The fourth-order valence-electron chi connectivity index (χ4n) is 2.38. The Morgan fingerprint density at radius 2 is 2.00 bits per heavy atom. The van der Waals surface area contributed by atoms with Gasteiger partial charge in [0, 0.05) is 38.1 Å². The van der Waals surface area contributed by atoms with E-state index in [4.69, 9.17) is 5.73 Å². The van der Waals surface area contributed by atoms with E-state index in [1.165, 1.54) is 0 Å². The summed E-state index contributed by atoms with van der Waals surface area (Å²) in [6.45, 7) is 5.26. The van der Waals surface area contributed by atoms with Crippen LogP contribution in [0.4, 0.5) is 0 Å². The number of nitrogens with zero attached hydrogens (tertiary/aromatic N) is 4. The molecule has 1 fully saturated rings. The average Bonchev–Trinajstić information content (AvgIpc) is 2.42. The summed E-state index contributed by atoms with van der Waals surface area (Å²) >= 11 is 0. The molecular formula is C14H25N5. The minimum Gasteiger partial charge on any atom is -0.327 e. The molecule has 1 aliphatic rings. The van der Waals surface area contributed by atoms with Crippen LogP contribution in [0.3, 0.4) is 0 Å². The molecule has 1 aromatic heterocycles. The Bertz CT molecular complexity index is 391. The first-order chi connectivity index (χ1) is 9.10. The third-order valence-corrected chi connectivity index (χ3v) is 3.90. The van der Waals surface area contributed by atoms with Crippen LogP contribution in [0.1, 0.15) is 30.8 Å². The number of likely N-dealkylation sites (N-methyl/N-ethyl adjacent to an activating group) is 2. The molecule has 2 unspecified atom stereocenters. The van der Waals surface area contributed by atoms with Crippen molar-refractivity contribution < 1.29 is 0 Å². The topological polar surface area (TPSA) is 58.3 Å². The molecule has 2 rings (SSSR count). The summed E-state index contributed by atoms with van der Waals surface area (Å²) in [5.41, 5.74) is 7.09. The molecule has 0 aliphatic carbocycles. The molecule has 2 N–H and O–H groups in total. The van der Waals surface area contributed by atoms with Crippen molar-refractivity contribution in [3.8, 4) is 0 Å². The van der Waals surface area contributed by atoms with Crippen LogP contribution in [0.2, 0.25) is 0 Å². The maximum atomic E-state index is 5.96. The minimum absolute atomic E-state index is 0.206. The molecule has 1 aliphatic heterocycles. The highest BCUT2D eigenvalue weighted by atomic mass is 15.3. The van der Waals surface area contributed by atoms with E-state index in [-0.39, 0.29) is 6.04 Å². The van der Waals surface area contributed by atoms with Gasteiger partial charge in [0.15, 0.2) is 0 Å². The van der Waals surface area contributed by atoms with E-state index in [0.717, 1.165) is 43.9 Å². The molecule has 5 nitrogen and oxygen atoms in total. The van der Waals surface area contributed by atoms with Gasteiger partial charge in [0.05, 0.1) is 6.04 Å². The molecular weight excluding hydrogens is 238 g/mol. The Kier molecular flexibility index (Phi) is 4.85. The lowest BCUT2D eigenvalue weighted by molar-refractivity contribution is 0.109. The van der Waals surface area contributed by atoms with Gasteiger partial charge in [0.2, 0.25) is 0 Å². The van der Waals surface area contributed by atoms with Gasteiger partial charge in [-0.25, -0.2) is 9.97 Å². The summed E-state index contributed by atoms with van der Waals surface area (Å²) in [5, 5.41) is 0. The average molecular weight is 263 g/mol. The first kappa shape index (κ1) is 14.4. The molecule has 2 atom stereocenters. The van der Waals surface area contributed by atoms with Crippen LogP contribution >= 0.6 is 0 Å². The summed E-state index contributed by atoms with van der Waals surface area (Å²) < 4.78 is 0. The lowest BCUT2D eigenvalue weighted by atomic mass is 10.1. The van der Waals surface area contributed by atoms with Crippen LogP contribution in [-0.2, 0) is 6.42 Å². The van der Waals surface area contributed by atoms with Crippen LogP contribution in [0.25, 0.3) is 0 Å². The summed E-state index contributed by atoms with van der Waals surface area (Å²) in [4.78, 5) is 13.7. The van der Waals surface area contributed by atoms with Crippen molar-refractivity contribution in [2.24, 2.45) is 5.73 Å². The van der Waals surface area contributed by atoms with Crippen molar-refractivity contribution in [3.63, 3.8) is 0 Å². The fraction of sp³-hybridized carbons (Fsp3) is 0.714. The van der Waals surface area contributed by atoms with Crippen molar-refractivity contribution >= 4 is 0 Å². The molecule has 1 aromatic rings. The van der Waals surface area contributed by atoms with E-state index >= 15 is 0 Å². The maximum Gasteiger partial charge on any atom is 0.146 e. The minimum atomic E-state index is 0.206. The molecule has 106 valence electrons. The Labute approximate surface area is 115 Å². The van der Waals surface area contributed by atoms with Crippen LogP contribution in [0, 0.1) is 0 Å². The lowest BCUT2D eigenvalue weighted by Gasteiger charge is -2.36. The van der Waals surface area contributed by atoms with Crippen LogP contribution in [0.15, 0.2) is 12.4 Å². The molecule has 0 spiro atoms. The van der Waals surface area contributed by atoms with E-state index in [1.807, 2.05) is 12.4 Å². The van der Waals surface area contributed by atoms with E-state index in [1.54, 1.807) is 0 Å². The highest BCUT2D eigenvalue weighted by Crippen LogP contribution is 2.20. The highest BCUT2D eigenvalue weighted by molar-refractivity contribution is 5.09. The van der Waals surface area contributed by atoms with Gasteiger partial charge in [-0.15, -0.1) is 0 Å². The molecule has 0 bridgehead atoms. The maximum absolute atomic E-state index is 5.96. The van der Waals surface area contributed by atoms with Crippen LogP contribution in [0.5, 0.6) is 0 Å². The lowest BCUT2D eigenvalue weighted by Crippen LogP contribution is -2.45. The number of hydrogen-bond donors (Lipinski definition) is 1. The molecule has 5 heteroatoms. The highest BCUT2D eigenvalue weighted by Gasteiger charge is 2.25. The number of nitrogens with two attached hydrogens (primary N) is 1. The first-order valence-corrected chi connectivity index (χ1v) is 7.05. The summed E-state index contributed by atoms with van der Waals surface area (Å²) in [5.74, 6) is 0.919. The smallest absolute Gasteiger partial charge is 0.146 e. The standard InChI is InChI=1S/C14H25N5/c1-4-12(15)7-11-8-16-14(17-9-11)13-10-18(2)5-6-19(13)3/h8-9,12-13H,4-7,10,15H2,1-3H3. The van der Waals surface area contributed by atoms with E-state index < -0.39 is 0 Å². The van der Waals surface area contributed by atoms with Crippen molar-refractivity contribution in [1.29, 1.82) is 0 Å². The van der Waals surface area contributed by atoms with Gasteiger partial charge in [-0.2, -0.15) is 0 Å². The van der Waals surface area contributed by atoms with Crippen molar-refractivity contribution in [2.75, 3.05) is 33.7 Å². The third-order valence-electron chi connectivity index (χ3n) is 3.90. The molecule has 0 saturated carbocycles. The number of aromatic nitrogens is 2.